The summed E-state index contributed by atoms with van der Waals surface area (Å²) in [5.41, 5.74) is 0. The molecule has 116 valence electrons. The van der Waals surface area contributed by atoms with E-state index in [0.717, 1.165) is 52.0 Å². The van der Waals surface area contributed by atoms with Crippen molar-refractivity contribution in [1.29, 1.82) is 0 Å². The Morgan fingerprint density at radius 2 is 2.15 bits per heavy atom. The summed E-state index contributed by atoms with van der Waals surface area (Å²) in [7, 11) is 0. The van der Waals surface area contributed by atoms with Gasteiger partial charge in [0.15, 0.2) is 0 Å². The van der Waals surface area contributed by atoms with Gasteiger partial charge in [-0.05, 0) is 44.9 Å². The van der Waals surface area contributed by atoms with E-state index < -0.39 is 0 Å². The van der Waals surface area contributed by atoms with Crippen molar-refractivity contribution < 1.29 is 14.4 Å². The third-order valence-electron chi connectivity index (χ3n) is 3.96. The summed E-state index contributed by atoms with van der Waals surface area (Å²) >= 11 is 0. The molecular weight excluding hydrogens is 256 g/mol. The fraction of sp³-hybridized carbons (Fsp3) is 0.933. The number of nitrogens with zero attached hydrogens (tertiary/aromatic N) is 1. The lowest BCUT2D eigenvalue weighted by molar-refractivity contribution is -0.181. The average Bonchev–Trinajstić information content (AvgIpc) is 2.99. The van der Waals surface area contributed by atoms with Gasteiger partial charge >= 0.3 is 0 Å². The molecule has 2 rings (SSSR count). The van der Waals surface area contributed by atoms with Gasteiger partial charge in [0.25, 0.3) is 0 Å². The maximum absolute atomic E-state index is 11.7. The van der Waals surface area contributed by atoms with Gasteiger partial charge in [0, 0.05) is 32.7 Å². The van der Waals surface area contributed by atoms with Crippen LogP contribution in [0.4, 0.5) is 0 Å². The van der Waals surface area contributed by atoms with Crippen LogP contribution in [0.3, 0.4) is 0 Å². The van der Waals surface area contributed by atoms with E-state index >= 15 is 0 Å². The second-order valence-corrected chi connectivity index (χ2v) is 5.70. The lowest BCUT2D eigenvalue weighted by Gasteiger charge is -2.25. The first-order chi connectivity index (χ1) is 9.84. The van der Waals surface area contributed by atoms with Crippen LogP contribution in [0.5, 0.6) is 0 Å². The summed E-state index contributed by atoms with van der Waals surface area (Å²) < 4.78 is 5.58. The minimum absolute atomic E-state index is 0.135. The predicted octanol–water partition coefficient (Wildman–Crippen LogP) is 1.87. The number of hydrogen-bond donors (Lipinski definition) is 1. The highest BCUT2D eigenvalue weighted by molar-refractivity contribution is 5.75. The first-order valence-corrected chi connectivity index (χ1v) is 8.11. The topological polar surface area (TPSA) is 50.8 Å². The summed E-state index contributed by atoms with van der Waals surface area (Å²) in [6.45, 7) is 4.17. The standard InChI is InChI=1S/C15H28N2O3/c18-15(8-11-17-10-3-4-13-20-17)16-9-2-1-6-14-7-5-12-19-14/h14H,1-13H2,(H,16,18)/t14-/m0/s1. The first-order valence-electron chi connectivity index (χ1n) is 8.11. The van der Waals surface area contributed by atoms with Crippen molar-refractivity contribution in [2.75, 3.05) is 32.8 Å². The van der Waals surface area contributed by atoms with Crippen LogP contribution in [0, 0.1) is 0 Å². The summed E-state index contributed by atoms with van der Waals surface area (Å²) in [4.78, 5) is 17.2. The Morgan fingerprint density at radius 1 is 1.20 bits per heavy atom. The van der Waals surface area contributed by atoms with Gasteiger partial charge in [0.05, 0.1) is 12.7 Å². The van der Waals surface area contributed by atoms with Gasteiger partial charge in [-0.3, -0.25) is 9.63 Å². The molecule has 0 bridgehead atoms. The van der Waals surface area contributed by atoms with Gasteiger partial charge in [0.1, 0.15) is 0 Å². The van der Waals surface area contributed by atoms with Crippen LogP contribution >= 0.6 is 0 Å². The molecule has 0 aromatic carbocycles. The molecule has 20 heavy (non-hydrogen) atoms. The molecule has 0 aromatic heterocycles. The Bertz CT molecular complexity index is 274. The molecule has 0 aromatic rings. The summed E-state index contributed by atoms with van der Waals surface area (Å²) in [6, 6.07) is 0. The number of amides is 1. The van der Waals surface area contributed by atoms with Crippen LogP contribution in [0.25, 0.3) is 0 Å². The van der Waals surface area contributed by atoms with E-state index in [-0.39, 0.29) is 5.91 Å². The van der Waals surface area contributed by atoms with E-state index in [2.05, 4.69) is 5.32 Å². The fourth-order valence-electron chi connectivity index (χ4n) is 2.74. The quantitative estimate of drug-likeness (QED) is 0.691. The number of carbonyl (C=O) groups is 1. The second kappa shape index (κ2) is 9.32. The molecule has 0 spiro atoms. The molecule has 1 amide bonds. The number of rotatable bonds is 8. The van der Waals surface area contributed by atoms with Crippen LogP contribution in [0.15, 0.2) is 0 Å². The molecule has 0 aliphatic carbocycles. The molecule has 2 fully saturated rings. The van der Waals surface area contributed by atoms with Crippen molar-refractivity contribution in [3.05, 3.63) is 0 Å². The van der Waals surface area contributed by atoms with Gasteiger partial charge in [-0.2, -0.15) is 5.06 Å². The van der Waals surface area contributed by atoms with Gasteiger partial charge in [0.2, 0.25) is 5.91 Å². The minimum Gasteiger partial charge on any atom is -0.378 e. The zero-order valence-electron chi connectivity index (χ0n) is 12.4. The third-order valence-corrected chi connectivity index (χ3v) is 3.96. The van der Waals surface area contributed by atoms with Crippen molar-refractivity contribution in [2.24, 2.45) is 0 Å². The summed E-state index contributed by atoms with van der Waals surface area (Å²) in [5.74, 6) is 0.135. The fourth-order valence-corrected chi connectivity index (χ4v) is 2.74. The maximum Gasteiger partial charge on any atom is 0.221 e. The van der Waals surface area contributed by atoms with Crippen LogP contribution in [-0.4, -0.2) is 49.9 Å². The van der Waals surface area contributed by atoms with Gasteiger partial charge in [-0.1, -0.05) is 0 Å². The molecule has 5 heteroatoms. The number of hydrogen-bond acceptors (Lipinski definition) is 4. The molecule has 0 unspecified atom stereocenters. The molecule has 1 atom stereocenters. The Balaban J connectivity index is 1.41. The molecule has 2 aliphatic heterocycles. The lowest BCUT2D eigenvalue weighted by Crippen LogP contribution is -2.34. The van der Waals surface area contributed by atoms with Crippen molar-refractivity contribution in [1.82, 2.24) is 10.4 Å². The SMILES string of the molecule is O=C(CCN1CCCCO1)NCCCC[C@H]1CCCO1. The molecule has 2 aliphatic rings. The van der Waals surface area contributed by atoms with Gasteiger partial charge in [-0.15, -0.1) is 0 Å². The monoisotopic (exact) mass is 284 g/mol. The smallest absolute Gasteiger partial charge is 0.221 e. The molecule has 1 N–H and O–H groups in total. The van der Waals surface area contributed by atoms with E-state index in [1.165, 1.54) is 19.3 Å². The van der Waals surface area contributed by atoms with Crippen LogP contribution < -0.4 is 5.32 Å². The summed E-state index contributed by atoms with van der Waals surface area (Å²) in [6.07, 6.45) is 9.05. The number of carbonyl (C=O) groups excluding carboxylic acids is 1. The van der Waals surface area contributed by atoms with Crippen molar-refractivity contribution in [2.45, 2.75) is 57.5 Å². The Kier molecular flexibility index (Phi) is 7.33. The van der Waals surface area contributed by atoms with E-state index in [4.69, 9.17) is 9.57 Å². The van der Waals surface area contributed by atoms with Crippen LogP contribution in [-0.2, 0) is 14.4 Å². The van der Waals surface area contributed by atoms with Gasteiger partial charge < -0.3 is 10.1 Å². The van der Waals surface area contributed by atoms with E-state index in [1.54, 1.807) is 0 Å². The minimum atomic E-state index is 0.135. The molecular formula is C15H28N2O3. The Labute approximate surface area is 121 Å². The van der Waals surface area contributed by atoms with E-state index in [1.807, 2.05) is 5.06 Å². The molecule has 2 heterocycles. The van der Waals surface area contributed by atoms with Crippen molar-refractivity contribution in [3.63, 3.8) is 0 Å². The van der Waals surface area contributed by atoms with E-state index in [0.29, 0.717) is 19.1 Å². The lowest BCUT2D eigenvalue weighted by atomic mass is 10.1. The molecule has 5 nitrogen and oxygen atoms in total. The van der Waals surface area contributed by atoms with Crippen LogP contribution in [0.2, 0.25) is 0 Å². The number of hydroxylamine groups is 2. The molecule has 2 saturated heterocycles. The highest BCUT2D eigenvalue weighted by Crippen LogP contribution is 2.17. The number of nitrogens with one attached hydrogen (secondary N) is 1. The normalized spacial score (nSPS) is 23.9. The maximum atomic E-state index is 11.7. The molecule has 0 radical (unpaired) electrons. The zero-order valence-corrected chi connectivity index (χ0v) is 12.4. The summed E-state index contributed by atoms with van der Waals surface area (Å²) in [5, 5.41) is 4.90. The highest BCUT2D eigenvalue weighted by atomic mass is 16.7. The Hall–Kier alpha value is -0.650. The molecule has 0 saturated carbocycles. The average molecular weight is 284 g/mol. The van der Waals surface area contributed by atoms with Crippen molar-refractivity contribution in [3.8, 4) is 0 Å². The third kappa shape index (κ3) is 6.20. The predicted molar refractivity (Wildman–Crippen MR) is 77.2 cm³/mol. The largest absolute Gasteiger partial charge is 0.378 e. The first kappa shape index (κ1) is 15.7. The van der Waals surface area contributed by atoms with E-state index in [9.17, 15) is 4.79 Å². The number of unbranched alkanes of at least 4 members (excludes halogenated alkanes) is 1. The van der Waals surface area contributed by atoms with Crippen molar-refractivity contribution >= 4 is 5.91 Å². The van der Waals surface area contributed by atoms with Crippen LogP contribution in [0.1, 0.15) is 51.4 Å². The Morgan fingerprint density at radius 3 is 2.90 bits per heavy atom. The second-order valence-electron chi connectivity index (χ2n) is 5.70. The number of ether oxygens (including phenoxy) is 1. The van der Waals surface area contributed by atoms with Gasteiger partial charge in [-0.25, -0.2) is 0 Å². The zero-order chi connectivity index (χ0) is 14.0. The highest BCUT2D eigenvalue weighted by Gasteiger charge is 2.15.